The molecule has 0 saturated heterocycles. The molecule has 0 radical (unpaired) electrons. The number of hydrogen-bond acceptors (Lipinski definition) is 4. The van der Waals surface area contributed by atoms with Crippen molar-refractivity contribution in [1.29, 1.82) is 0 Å². The van der Waals surface area contributed by atoms with Crippen LogP contribution in [0.25, 0.3) is 6.08 Å². The third-order valence-electron chi connectivity index (χ3n) is 2.71. The average Bonchev–Trinajstić information content (AvgIpc) is 2.50. The number of ether oxygens (including phenoxy) is 2. The smallest absolute Gasteiger partial charge is 0.387 e. The molecule has 26 heavy (non-hydrogen) atoms. The molecule has 1 rings (SSSR count). The molecule has 0 atom stereocenters. The zero-order chi connectivity index (χ0) is 19.7. The fraction of sp³-hybridized carbons (Fsp3) is 0.375. The predicted octanol–water partition coefficient (Wildman–Crippen LogP) is 2.54. The Morgan fingerprint density at radius 2 is 1.77 bits per heavy atom. The topological polar surface area (TPSA) is 76.7 Å². The first-order valence-corrected chi connectivity index (χ1v) is 7.46. The van der Waals surface area contributed by atoms with Crippen LogP contribution >= 0.6 is 0 Å². The summed E-state index contributed by atoms with van der Waals surface area (Å²) in [6.45, 7) is -3.07. The number of carbonyl (C=O) groups excluding carboxylic acids is 2. The van der Waals surface area contributed by atoms with Crippen molar-refractivity contribution in [3.8, 4) is 11.5 Å². The van der Waals surface area contributed by atoms with Gasteiger partial charge in [-0.25, -0.2) is 0 Å². The van der Waals surface area contributed by atoms with Crippen molar-refractivity contribution in [3.05, 3.63) is 29.8 Å². The van der Waals surface area contributed by atoms with E-state index < -0.39 is 30.8 Å². The Morgan fingerprint density at radius 3 is 2.35 bits per heavy atom. The molecule has 0 aliphatic heterocycles. The summed E-state index contributed by atoms with van der Waals surface area (Å²) < 4.78 is 57.6. The standard InChI is InChI=1S/C16H18F4N2O4/c1-9(2)22-14(24)8-21-13(23)6-4-10-3-5-11(25-15(17)18)7-12(10)26-16(19)20/h3-7,9,15-16H,8H2,1-2H3,(H,21,23)(H,22,24)/b6-4+. The van der Waals surface area contributed by atoms with Gasteiger partial charge in [-0.2, -0.15) is 17.6 Å². The number of rotatable bonds is 9. The largest absolute Gasteiger partial charge is 0.435 e. The molecule has 0 unspecified atom stereocenters. The molecule has 0 bridgehead atoms. The number of halogens is 4. The highest BCUT2D eigenvalue weighted by Crippen LogP contribution is 2.28. The van der Waals surface area contributed by atoms with Crippen molar-refractivity contribution >= 4 is 17.9 Å². The van der Waals surface area contributed by atoms with Crippen LogP contribution in [0.15, 0.2) is 24.3 Å². The van der Waals surface area contributed by atoms with E-state index in [1.54, 1.807) is 13.8 Å². The molecule has 10 heteroatoms. The normalized spacial score (nSPS) is 11.3. The maximum Gasteiger partial charge on any atom is 0.387 e. The van der Waals surface area contributed by atoms with Gasteiger partial charge in [0.1, 0.15) is 11.5 Å². The van der Waals surface area contributed by atoms with E-state index in [0.717, 1.165) is 24.3 Å². The Hall–Kier alpha value is -2.78. The first-order chi connectivity index (χ1) is 12.2. The van der Waals surface area contributed by atoms with E-state index in [1.165, 1.54) is 6.07 Å². The fourth-order valence-electron chi connectivity index (χ4n) is 1.79. The molecule has 0 aliphatic rings. The van der Waals surface area contributed by atoms with Crippen molar-refractivity contribution in [2.75, 3.05) is 6.54 Å². The van der Waals surface area contributed by atoms with E-state index in [-0.39, 0.29) is 23.9 Å². The van der Waals surface area contributed by atoms with Gasteiger partial charge in [-0.05, 0) is 32.1 Å². The zero-order valence-electron chi connectivity index (χ0n) is 14.0. The van der Waals surface area contributed by atoms with Gasteiger partial charge in [-0.1, -0.05) is 0 Å². The number of benzene rings is 1. The second-order valence-corrected chi connectivity index (χ2v) is 5.23. The van der Waals surface area contributed by atoms with Crippen LogP contribution in [0.4, 0.5) is 17.6 Å². The Morgan fingerprint density at radius 1 is 1.12 bits per heavy atom. The molecule has 0 spiro atoms. The summed E-state index contributed by atoms with van der Waals surface area (Å²) in [7, 11) is 0. The van der Waals surface area contributed by atoms with Crippen LogP contribution in [-0.2, 0) is 9.59 Å². The molecule has 0 fully saturated rings. The van der Waals surface area contributed by atoms with Crippen LogP contribution in [0.2, 0.25) is 0 Å². The summed E-state index contributed by atoms with van der Waals surface area (Å²) in [6.07, 6.45) is 2.13. The molecule has 144 valence electrons. The van der Waals surface area contributed by atoms with Crippen LogP contribution in [0, 0.1) is 0 Å². The van der Waals surface area contributed by atoms with Crippen molar-refractivity contribution in [1.82, 2.24) is 10.6 Å². The molecule has 0 aromatic heterocycles. The lowest BCUT2D eigenvalue weighted by Crippen LogP contribution is -2.39. The maximum absolute atomic E-state index is 12.4. The first-order valence-electron chi connectivity index (χ1n) is 7.46. The van der Waals surface area contributed by atoms with Crippen molar-refractivity contribution in [2.45, 2.75) is 33.1 Å². The van der Waals surface area contributed by atoms with Crippen LogP contribution in [0.1, 0.15) is 19.4 Å². The summed E-state index contributed by atoms with van der Waals surface area (Å²) >= 11 is 0. The Bertz CT molecular complexity index is 651. The van der Waals surface area contributed by atoms with Gasteiger partial charge < -0.3 is 20.1 Å². The highest BCUT2D eigenvalue weighted by Gasteiger charge is 2.12. The summed E-state index contributed by atoms with van der Waals surface area (Å²) in [5.74, 6) is -1.86. The van der Waals surface area contributed by atoms with Crippen molar-refractivity contribution in [2.24, 2.45) is 0 Å². The molecule has 1 aromatic rings. The van der Waals surface area contributed by atoms with Crippen LogP contribution in [0.3, 0.4) is 0 Å². The molecule has 6 nitrogen and oxygen atoms in total. The lowest BCUT2D eigenvalue weighted by molar-refractivity contribution is -0.124. The number of carbonyl (C=O) groups is 2. The molecule has 0 saturated carbocycles. The Balaban J connectivity index is 2.78. The molecule has 2 N–H and O–H groups in total. The minimum absolute atomic E-state index is 0.0358. The van der Waals surface area contributed by atoms with E-state index in [4.69, 9.17) is 0 Å². The van der Waals surface area contributed by atoms with Gasteiger partial charge in [0.15, 0.2) is 0 Å². The molecular weight excluding hydrogens is 360 g/mol. The summed E-state index contributed by atoms with van der Waals surface area (Å²) in [5, 5.41) is 4.87. The minimum atomic E-state index is -3.20. The molecule has 2 amide bonds. The van der Waals surface area contributed by atoms with E-state index in [0.29, 0.717) is 0 Å². The number of hydrogen-bond donors (Lipinski definition) is 2. The minimum Gasteiger partial charge on any atom is -0.435 e. The van der Waals surface area contributed by atoms with Crippen molar-refractivity contribution < 1.29 is 36.6 Å². The molecular formula is C16H18F4N2O4. The number of amides is 2. The summed E-state index contributed by atoms with van der Waals surface area (Å²) in [5.41, 5.74) is 0.0358. The first kappa shape index (κ1) is 21.3. The fourth-order valence-corrected chi connectivity index (χ4v) is 1.79. The van der Waals surface area contributed by atoms with Gasteiger partial charge in [0.25, 0.3) is 0 Å². The van der Waals surface area contributed by atoms with E-state index in [2.05, 4.69) is 20.1 Å². The van der Waals surface area contributed by atoms with Gasteiger partial charge in [0, 0.05) is 23.7 Å². The quantitative estimate of drug-likeness (QED) is 0.512. The molecule has 1 aromatic carbocycles. The third-order valence-corrected chi connectivity index (χ3v) is 2.71. The highest BCUT2D eigenvalue weighted by molar-refractivity contribution is 5.94. The van der Waals surface area contributed by atoms with E-state index in [9.17, 15) is 27.2 Å². The van der Waals surface area contributed by atoms with E-state index in [1.807, 2.05) is 0 Å². The van der Waals surface area contributed by atoms with E-state index >= 15 is 0 Å². The number of alkyl halides is 4. The van der Waals surface area contributed by atoms with Gasteiger partial charge in [0.2, 0.25) is 11.8 Å². The van der Waals surface area contributed by atoms with Crippen LogP contribution in [-0.4, -0.2) is 37.6 Å². The third kappa shape index (κ3) is 8.36. The predicted molar refractivity (Wildman–Crippen MR) is 85.0 cm³/mol. The molecule has 0 aliphatic carbocycles. The monoisotopic (exact) mass is 378 g/mol. The second kappa shape index (κ2) is 10.3. The van der Waals surface area contributed by atoms with Gasteiger partial charge in [0.05, 0.1) is 6.54 Å². The highest BCUT2D eigenvalue weighted by atomic mass is 19.3. The van der Waals surface area contributed by atoms with Gasteiger partial charge in [-0.3, -0.25) is 9.59 Å². The lowest BCUT2D eigenvalue weighted by atomic mass is 10.1. The lowest BCUT2D eigenvalue weighted by Gasteiger charge is -2.11. The number of nitrogens with one attached hydrogen (secondary N) is 2. The summed E-state index contributed by atoms with van der Waals surface area (Å²) in [4.78, 5) is 23.1. The Labute approximate surface area is 147 Å². The van der Waals surface area contributed by atoms with Gasteiger partial charge in [-0.15, -0.1) is 0 Å². The second-order valence-electron chi connectivity index (χ2n) is 5.23. The summed E-state index contributed by atoms with van der Waals surface area (Å²) in [6, 6.07) is 3.05. The average molecular weight is 378 g/mol. The van der Waals surface area contributed by atoms with Crippen LogP contribution < -0.4 is 20.1 Å². The maximum atomic E-state index is 12.4. The SMILES string of the molecule is CC(C)NC(=O)CNC(=O)/C=C/c1ccc(OC(F)F)cc1OC(F)F. The Kier molecular flexibility index (Phi) is 8.40. The van der Waals surface area contributed by atoms with Gasteiger partial charge >= 0.3 is 13.2 Å². The van der Waals surface area contributed by atoms with Crippen LogP contribution in [0.5, 0.6) is 11.5 Å². The van der Waals surface area contributed by atoms with Crippen molar-refractivity contribution in [3.63, 3.8) is 0 Å². The zero-order valence-corrected chi connectivity index (χ0v) is 14.0. The molecule has 0 heterocycles.